The highest BCUT2D eigenvalue weighted by Gasteiger charge is 2.27. The van der Waals surface area contributed by atoms with E-state index >= 15 is 0 Å². The van der Waals surface area contributed by atoms with E-state index in [2.05, 4.69) is 39.5 Å². The van der Waals surface area contributed by atoms with E-state index in [-0.39, 0.29) is 0 Å². The molecule has 2 aliphatic rings. The molecule has 0 saturated carbocycles. The van der Waals surface area contributed by atoms with E-state index in [0.717, 1.165) is 11.0 Å². The maximum absolute atomic E-state index is 4.39. The summed E-state index contributed by atoms with van der Waals surface area (Å²) in [4.78, 5) is 17.2. The normalized spacial score (nSPS) is 16.6. The summed E-state index contributed by atoms with van der Waals surface area (Å²) in [6.45, 7) is 0. The average Bonchev–Trinajstić information content (AvgIpc) is 3.17. The molecule has 1 aromatic carbocycles. The van der Waals surface area contributed by atoms with Gasteiger partial charge in [0.15, 0.2) is 0 Å². The van der Waals surface area contributed by atoms with E-state index in [9.17, 15) is 0 Å². The van der Waals surface area contributed by atoms with Crippen molar-refractivity contribution in [2.45, 2.75) is 19.6 Å². The van der Waals surface area contributed by atoms with Gasteiger partial charge in [0.25, 0.3) is 0 Å². The van der Waals surface area contributed by atoms with Gasteiger partial charge in [0.05, 0.1) is 19.5 Å². The SMILES string of the molecule is c1cnc2cc3c(cc2n1)SC(=C1Sc2c[nH]cc2S1)S3. The largest absolute Gasteiger partial charge is 0.366 e. The molecule has 3 aromatic rings. The summed E-state index contributed by atoms with van der Waals surface area (Å²) in [5.41, 5.74) is 1.93. The predicted molar refractivity (Wildman–Crippen MR) is 90.8 cm³/mol. The van der Waals surface area contributed by atoms with E-state index in [0.29, 0.717) is 0 Å². The Kier molecular flexibility index (Phi) is 2.83. The lowest BCUT2D eigenvalue weighted by Crippen LogP contribution is -1.82. The van der Waals surface area contributed by atoms with Gasteiger partial charge in [0.1, 0.15) is 0 Å². The molecule has 4 heterocycles. The van der Waals surface area contributed by atoms with Crippen LogP contribution in [-0.2, 0) is 0 Å². The lowest BCUT2D eigenvalue weighted by atomic mass is 10.3. The Balaban J connectivity index is 1.56. The second-order valence-electron chi connectivity index (χ2n) is 4.51. The summed E-state index contributed by atoms with van der Waals surface area (Å²) < 4.78 is 2.75. The summed E-state index contributed by atoms with van der Waals surface area (Å²) >= 11 is 7.40. The molecule has 0 saturated heterocycles. The summed E-state index contributed by atoms with van der Waals surface area (Å²) in [7, 11) is 0. The van der Waals surface area contributed by atoms with Gasteiger partial charge in [-0.1, -0.05) is 47.0 Å². The van der Waals surface area contributed by atoms with Gasteiger partial charge >= 0.3 is 0 Å². The van der Waals surface area contributed by atoms with Crippen molar-refractivity contribution in [2.75, 3.05) is 0 Å². The number of fused-ring (bicyclic) bond motifs is 3. The molecule has 1 N–H and O–H groups in total. The fourth-order valence-corrected chi connectivity index (χ4v) is 7.51. The third kappa shape index (κ3) is 2.03. The van der Waals surface area contributed by atoms with Crippen molar-refractivity contribution in [3.05, 3.63) is 45.4 Å². The minimum atomic E-state index is 0.966. The molecule has 0 bridgehead atoms. The molecule has 2 aliphatic heterocycles. The number of nitrogens with one attached hydrogen (secondary N) is 1. The van der Waals surface area contributed by atoms with Crippen molar-refractivity contribution in [3.63, 3.8) is 0 Å². The van der Waals surface area contributed by atoms with E-state index in [1.807, 2.05) is 47.0 Å². The molecule has 0 aliphatic carbocycles. The highest BCUT2D eigenvalue weighted by Crippen LogP contribution is 2.61. The monoisotopic (exact) mass is 345 g/mol. The van der Waals surface area contributed by atoms with Crippen LogP contribution in [0.2, 0.25) is 0 Å². The highest BCUT2D eigenvalue weighted by atomic mass is 32.2. The first-order chi connectivity index (χ1) is 10.4. The van der Waals surface area contributed by atoms with Crippen LogP contribution < -0.4 is 0 Å². The Morgan fingerprint density at radius 2 is 1.14 bits per heavy atom. The number of rotatable bonds is 0. The van der Waals surface area contributed by atoms with Crippen LogP contribution in [0.3, 0.4) is 0 Å². The topological polar surface area (TPSA) is 41.6 Å². The number of nitrogens with zero attached hydrogens (tertiary/aromatic N) is 2. The Morgan fingerprint density at radius 3 is 1.67 bits per heavy atom. The number of hydrogen-bond donors (Lipinski definition) is 1. The van der Waals surface area contributed by atoms with Crippen LogP contribution >= 0.6 is 47.0 Å². The van der Waals surface area contributed by atoms with Crippen molar-refractivity contribution < 1.29 is 0 Å². The highest BCUT2D eigenvalue weighted by molar-refractivity contribution is 8.30. The van der Waals surface area contributed by atoms with Gasteiger partial charge in [-0.05, 0) is 12.1 Å². The first-order valence-corrected chi connectivity index (χ1v) is 9.51. The van der Waals surface area contributed by atoms with Crippen LogP contribution in [0, 0.1) is 0 Å². The van der Waals surface area contributed by atoms with Crippen LogP contribution in [-0.4, -0.2) is 15.0 Å². The van der Waals surface area contributed by atoms with E-state index in [1.54, 1.807) is 12.4 Å². The van der Waals surface area contributed by atoms with Gasteiger partial charge in [0.2, 0.25) is 0 Å². The number of aromatic amines is 1. The Bertz CT molecular complexity index is 846. The van der Waals surface area contributed by atoms with Crippen molar-refractivity contribution in [1.82, 2.24) is 15.0 Å². The fraction of sp³-hybridized carbons (Fsp3) is 0. The molecule has 0 radical (unpaired) electrons. The van der Waals surface area contributed by atoms with Crippen molar-refractivity contribution in [1.29, 1.82) is 0 Å². The van der Waals surface area contributed by atoms with Gasteiger partial charge in [-0.2, -0.15) is 0 Å². The Labute approximate surface area is 137 Å². The molecule has 0 unspecified atom stereocenters. The number of aromatic nitrogens is 3. The molecule has 5 rings (SSSR count). The molecule has 3 nitrogen and oxygen atoms in total. The average molecular weight is 345 g/mol. The quantitative estimate of drug-likeness (QED) is 0.605. The predicted octanol–water partition coefficient (Wildman–Crippen LogP) is 5.18. The second kappa shape index (κ2) is 4.74. The molecule has 0 atom stereocenters. The summed E-state index contributed by atoms with van der Waals surface area (Å²) in [6, 6.07) is 4.29. The van der Waals surface area contributed by atoms with E-state index < -0.39 is 0 Å². The standard InChI is InChI=1S/C14H7N3S4/c1-2-17-8-4-10-9(3-7(8)16-1)18-13(19-10)14-20-11-5-15-6-12(11)21-14/h1-6,15H. The maximum Gasteiger partial charge on any atom is 0.0898 e. The summed E-state index contributed by atoms with van der Waals surface area (Å²) in [6.07, 6.45) is 7.63. The minimum Gasteiger partial charge on any atom is -0.366 e. The smallest absolute Gasteiger partial charge is 0.0898 e. The van der Waals surface area contributed by atoms with Gasteiger partial charge in [0, 0.05) is 44.4 Å². The number of hydrogen-bond acceptors (Lipinski definition) is 6. The van der Waals surface area contributed by atoms with Crippen molar-refractivity contribution in [2.24, 2.45) is 0 Å². The zero-order valence-electron chi connectivity index (χ0n) is 10.5. The zero-order valence-corrected chi connectivity index (χ0v) is 13.8. The molecule has 0 fully saturated rings. The van der Waals surface area contributed by atoms with Crippen LogP contribution in [0.4, 0.5) is 0 Å². The summed E-state index contributed by atoms with van der Waals surface area (Å²) in [5.74, 6) is 0. The molecule has 0 spiro atoms. The third-order valence-corrected chi connectivity index (χ3v) is 8.75. The minimum absolute atomic E-state index is 0.966. The van der Waals surface area contributed by atoms with Gasteiger partial charge in [-0.3, -0.25) is 9.97 Å². The molecule has 0 amide bonds. The van der Waals surface area contributed by atoms with Gasteiger partial charge in [-0.25, -0.2) is 0 Å². The second-order valence-corrected chi connectivity index (χ2v) is 9.24. The summed E-state index contributed by atoms with van der Waals surface area (Å²) in [5, 5.41) is 0. The first kappa shape index (κ1) is 12.5. The van der Waals surface area contributed by atoms with Crippen LogP contribution in [0.5, 0.6) is 0 Å². The van der Waals surface area contributed by atoms with E-state index in [1.165, 1.54) is 28.1 Å². The van der Waals surface area contributed by atoms with E-state index in [4.69, 9.17) is 0 Å². The molecule has 7 heteroatoms. The molecule has 2 aromatic heterocycles. The van der Waals surface area contributed by atoms with Crippen LogP contribution in [0.25, 0.3) is 11.0 Å². The van der Waals surface area contributed by atoms with Crippen molar-refractivity contribution >= 4 is 58.1 Å². The molecular formula is C14H7N3S4. The number of H-pyrrole nitrogens is 1. The lowest BCUT2D eigenvalue weighted by molar-refractivity contribution is 1.22. The maximum atomic E-state index is 4.39. The fourth-order valence-electron chi connectivity index (χ4n) is 2.23. The number of benzene rings is 1. The molecule has 21 heavy (non-hydrogen) atoms. The third-order valence-electron chi connectivity index (χ3n) is 3.18. The number of thioether (sulfide) groups is 4. The first-order valence-electron chi connectivity index (χ1n) is 6.24. The van der Waals surface area contributed by atoms with Crippen LogP contribution in [0.1, 0.15) is 0 Å². The van der Waals surface area contributed by atoms with Crippen LogP contribution in [0.15, 0.2) is 65.0 Å². The Hall–Kier alpha value is -1.02. The van der Waals surface area contributed by atoms with Gasteiger partial charge in [-0.15, -0.1) is 0 Å². The zero-order chi connectivity index (χ0) is 13.8. The lowest BCUT2D eigenvalue weighted by Gasteiger charge is -1.98. The molecular weight excluding hydrogens is 338 g/mol. The Morgan fingerprint density at radius 1 is 0.667 bits per heavy atom. The van der Waals surface area contributed by atoms with Crippen molar-refractivity contribution in [3.8, 4) is 0 Å². The van der Waals surface area contributed by atoms with Gasteiger partial charge < -0.3 is 4.98 Å². The molecule has 102 valence electrons.